The number of aromatic nitrogens is 2. The fourth-order valence-corrected chi connectivity index (χ4v) is 3.27. The number of para-hydroxylation sites is 1. The van der Waals surface area contributed by atoms with Gasteiger partial charge in [-0.25, -0.2) is 14.7 Å². The molecule has 2 heterocycles. The van der Waals surface area contributed by atoms with Crippen LogP contribution in [-0.2, 0) is 16.1 Å². The lowest BCUT2D eigenvalue weighted by Gasteiger charge is -2.30. The zero-order chi connectivity index (χ0) is 20.4. The summed E-state index contributed by atoms with van der Waals surface area (Å²) in [7, 11) is 0. The normalized spacial score (nSPS) is 19.0. The van der Waals surface area contributed by atoms with Crippen LogP contribution in [0, 0.1) is 5.92 Å². The van der Waals surface area contributed by atoms with Crippen molar-refractivity contribution in [1.29, 1.82) is 0 Å². The van der Waals surface area contributed by atoms with Gasteiger partial charge >= 0.3 is 6.03 Å². The van der Waals surface area contributed by atoms with Gasteiger partial charge in [0, 0.05) is 31.6 Å². The molecule has 1 saturated heterocycles. The molecule has 9 heteroatoms. The second kappa shape index (κ2) is 7.86. The topological polar surface area (TPSA) is 113 Å². The molecule has 2 N–H and O–H groups in total. The molecular formula is C20H21N5O4. The van der Waals surface area contributed by atoms with Crippen LogP contribution in [0.3, 0.4) is 0 Å². The summed E-state index contributed by atoms with van der Waals surface area (Å²) in [5.41, 5.74) is 1.06. The van der Waals surface area contributed by atoms with Crippen LogP contribution in [0.5, 0.6) is 0 Å². The minimum atomic E-state index is -1.03. The van der Waals surface area contributed by atoms with E-state index in [-0.39, 0.29) is 25.2 Å². The van der Waals surface area contributed by atoms with Crippen LogP contribution >= 0.6 is 0 Å². The lowest BCUT2D eigenvalue weighted by molar-refractivity contribution is -0.133. The fourth-order valence-electron chi connectivity index (χ4n) is 3.27. The molecule has 0 radical (unpaired) electrons. The van der Waals surface area contributed by atoms with Gasteiger partial charge < -0.3 is 10.6 Å². The molecule has 29 heavy (non-hydrogen) atoms. The first-order chi connectivity index (χ1) is 14.0. The number of anilines is 1. The van der Waals surface area contributed by atoms with Gasteiger partial charge in [0.25, 0.3) is 5.56 Å². The summed E-state index contributed by atoms with van der Waals surface area (Å²) >= 11 is 0. The average Bonchev–Trinajstić information content (AvgIpc) is 3.55. The fraction of sp³-hybridized carbons (Fsp3) is 0.350. The maximum absolute atomic E-state index is 12.7. The van der Waals surface area contributed by atoms with Crippen molar-refractivity contribution < 1.29 is 14.4 Å². The van der Waals surface area contributed by atoms with Crippen LogP contribution in [0.1, 0.15) is 24.5 Å². The monoisotopic (exact) mass is 395 g/mol. The minimum Gasteiger partial charge on any atom is -0.354 e. The summed E-state index contributed by atoms with van der Waals surface area (Å²) in [4.78, 5) is 54.7. The van der Waals surface area contributed by atoms with Gasteiger partial charge in [-0.1, -0.05) is 18.2 Å². The summed E-state index contributed by atoms with van der Waals surface area (Å²) in [5, 5.41) is 5.24. The van der Waals surface area contributed by atoms with E-state index in [1.165, 1.54) is 17.0 Å². The van der Waals surface area contributed by atoms with Gasteiger partial charge in [-0.05, 0) is 25.0 Å². The number of rotatable bonds is 6. The number of carbonyl (C=O) groups is 3. The molecule has 1 aromatic carbocycles. The molecule has 0 spiro atoms. The largest absolute Gasteiger partial charge is 0.354 e. The SMILES string of the molecule is O=C(NCCn1cnc(C2CC2)cc1=O)C1CNC(=O)N(c2ccccc2)C1=O. The highest BCUT2D eigenvalue weighted by Gasteiger charge is 2.39. The van der Waals surface area contributed by atoms with Crippen molar-refractivity contribution in [3.05, 3.63) is 58.8 Å². The van der Waals surface area contributed by atoms with Gasteiger partial charge in [0.15, 0.2) is 0 Å². The third kappa shape index (κ3) is 4.03. The molecule has 9 nitrogen and oxygen atoms in total. The molecule has 2 aliphatic rings. The Morgan fingerprint density at radius 2 is 1.93 bits per heavy atom. The average molecular weight is 395 g/mol. The molecular weight excluding hydrogens is 374 g/mol. The Morgan fingerprint density at radius 1 is 1.17 bits per heavy atom. The first kappa shape index (κ1) is 18.9. The number of benzene rings is 1. The Kier molecular flexibility index (Phi) is 5.11. The third-order valence-electron chi connectivity index (χ3n) is 5.06. The summed E-state index contributed by atoms with van der Waals surface area (Å²) in [6.07, 6.45) is 3.63. The van der Waals surface area contributed by atoms with Crippen LogP contribution < -0.4 is 21.1 Å². The third-order valence-corrected chi connectivity index (χ3v) is 5.06. The molecule has 1 aromatic heterocycles. The van der Waals surface area contributed by atoms with Crippen molar-refractivity contribution in [2.24, 2.45) is 5.92 Å². The number of amides is 4. The van der Waals surface area contributed by atoms with Gasteiger partial charge in [-0.2, -0.15) is 0 Å². The molecule has 1 saturated carbocycles. The summed E-state index contributed by atoms with van der Waals surface area (Å²) in [6.45, 7) is 0.356. The van der Waals surface area contributed by atoms with Crippen molar-refractivity contribution in [2.45, 2.75) is 25.3 Å². The number of hydrogen-bond acceptors (Lipinski definition) is 5. The highest BCUT2D eigenvalue weighted by molar-refractivity contribution is 6.21. The number of imide groups is 1. The highest BCUT2D eigenvalue weighted by atomic mass is 16.2. The van der Waals surface area contributed by atoms with Crippen molar-refractivity contribution in [1.82, 2.24) is 20.2 Å². The predicted octanol–water partition coefficient (Wildman–Crippen LogP) is 0.609. The molecule has 1 aliphatic heterocycles. The maximum Gasteiger partial charge on any atom is 0.328 e. The smallest absolute Gasteiger partial charge is 0.328 e. The summed E-state index contributed by atoms with van der Waals surface area (Å²) in [6, 6.07) is 9.43. The molecule has 2 fully saturated rings. The maximum atomic E-state index is 12.7. The number of urea groups is 1. The number of hydrogen-bond donors (Lipinski definition) is 2. The number of nitrogens with zero attached hydrogens (tertiary/aromatic N) is 3. The molecule has 1 unspecified atom stereocenters. The van der Waals surface area contributed by atoms with Crippen LogP contribution in [-0.4, -0.2) is 40.5 Å². The van der Waals surface area contributed by atoms with Crippen molar-refractivity contribution in [2.75, 3.05) is 18.0 Å². The van der Waals surface area contributed by atoms with E-state index in [0.29, 0.717) is 11.6 Å². The standard InChI is InChI=1S/C20H21N5O4/c26-17-10-16(13-6-7-13)23-12-24(17)9-8-21-18(27)15-11-22-20(29)25(19(15)28)14-4-2-1-3-5-14/h1-5,10,12-13,15H,6-9,11H2,(H,21,27)(H,22,29). The molecule has 1 aliphatic carbocycles. The Balaban J connectivity index is 1.36. The van der Waals surface area contributed by atoms with Crippen LogP contribution in [0.15, 0.2) is 47.5 Å². The Labute approximate surface area is 166 Å². The molecule has 150 valence electrons. The van der Waals surface area contributed by atoms with E-state index in [9.17, 15) is 19.2 Å². The molecule has 2 aromatic rings. The van der Waals surface area contributed by atoms with E-state index in [4.69, 9.17) is 0 Å². The van der Waals surface area contributed by atoms with Crippen LogP contribution in [0.25, 0.3) is 0 Å². The van der Waals surface area contributed by atoms with Crippen molar-refractivity contribution in [3.8, 4) is 0 Å². The lowest BCUT2D eigenvalue weighted by Crippen LogP contribution is -2.59. The second-order valence-electron chi connectivity index (χ2n) is 7.16. The zero-order valence-electron chi connectivity index (χ0n) is 15.7. The van der Waals surface area contributed by atoms with E-state index in [0.717, 1.165) is 23.4 Å². The lowest BCUT2D eigenvalue weighted by atomic mass is 10.0. The first-order valence-electron chi connectivity index (χ1n) is 9.55. The van der Waals surface area contributed by atoms with E-state index < -0.39 is 23.8 Å². The first-order valence-corrected chi connectivity index (χ1v) is 9.55. The van der Waals surface area contributed by atoms with E-state index >= 15 is 0 Å². The quantitative estimate of drug-likeness (QED) is 0.696. The van der Waals surface area contributed by atoms with Crippen molar-refractivity contribution in [3.63, 3.8) is 0 Å². The van der Waals surface area contributed by atoms with E-state index in [1.54, 1.807) is 30.3 Å². The predicted molar refractivity (Wildman–Crippen MR) is 104 cm³/mol. The molecule has 4 amide bonds. The van der Waals surface area contributed by atoms with Crippen LogP contribution in [0.4, 0.5) is 10.5 Å². The molecule has 4 rings (SSSR count). The van der Waals surface area contributed by atoms with Crippen LogP contribution in [0.2, 0.25) is 0 Å². The van der Waals surface area contributed by atoms with Gasteiger partial charge in [0.1, 0.15) is 5.92 Å². The van der Waals surface area contributed by atoms with Gasteiger partial charge in [-0.3, -0.25) is 19.0 Å². The number of nitrogens with one attached hydrogen (secondary N) is 2. The second-order valence-corrected chi connectivity index (χ2v) is 7.16. The Morgan fingerprint density at radius 3 is 2.62 bits per heavy atom. The van der Waals surface area contributed by atoms with Gasteiger partial charge in [0.2, 0.25) is 11.8 Å². The summed E-state index contributed by atoms with van der Waals surface area (Å²) in [5.74, 6) is -1.70. The van der Waals surface area contributed by atoms with E-state index in [2.05, 4.69) is 15.6 Å². The van der Waals surface area contributed by atoms with Gasteiger partial charge in [0.05, 0.1) is 17.7 Å². The highest BCUT2D eigenvalue weighted by Crippen LogP contribution is 2.38. The molecule has 0 bridgehead atoms. The van der Waals surface area contributed by atoms with Gasteiger partial charge in [-0.15, -0.1) is 0 Å². The Bertz CT molecular complexity index is 999. The van der Waals surface area contributed by atoms with E-state index in [1.807, 2.05) is 0 Å². The number of carbonyl (C=O) groups excluding carboxylic acids is 3. The van der Waals surface area contributed by atoms with Crippen molar-refractivity contribution >= 4 is 23.5 Å². The minimum absolute atomic E-state index is 0.0651. The molecule has 1 atom stereocenters. The Hall–Kier alpha value is -3.49. The zero-order valence-corrected chi connectivity index (χ0v) is 15.7. The summed E-state index contributed by atoms with van der Waals surface area (Å²) < 4.78 is 1.42.